The third kappa shape index (κ3) is 2.12. The zero-order valence-electron chi connectivity index (χ0n) is 9.25. The van der Waals surface area contributed by atoms with Crippen molar-refractivity contribution in [3.05, 3.63) is 41.7 Å². The first kappa shape index (κ1) is 10.8. The largest absolute Gasteiger partial charge is 0.439 e. The molecule has 1 aromatic heterocycles. The molecule has 84 valence electrons. The van der Waals surface area contributed by atoms with Crippen LogP contribution in [-0.4, -0.2) is 12.0 Å². The number of aromatic nitrogens is 1. The van der Waals surface area contributed by atoms with Gasteiger partial charge in [-0.25, -0.2) is 9.37 Å². The summed E-state index contributed by atoms with van der Waals surface area (Å²) in [5.41, 5.74) is 1.44. The molecule has 0 spiro atoms. The monoisotopic (exact) mass is 220 g/mol. The van der Waals surface area contributed by atoms with Crippen molar-refractivity contribution in [3.63, 3.8) is 0 Å². The van der Waals surface area contributed by atoms with E-state index in [0.29, 0.717) is 23.8 Å². The number of halogens is 1. The van der Waals surface area contributed by atoms with Crippen molar-refractivity contribution >= 4 is 0 Å². The molecule has 0 atom stereocenters. The maximum absolute atomic E-state index is 13.5. The highest BCUT2D eigenvalue weighted by Gasteiger charge is 2.10. The molecule has 4 heteroatoms. The lowest BCUT2D eigenvalue weighted by Gasteiger charge is -2.00. The van der Waals surface area contributed by atoms with Crippen LogP contribution >= 0.6 is 0 Å². The van der Waals surface area contributed by atoms with Crippen LogP contribution in [0.2, 0.25) is 0 Å². The molecule has 0 unspecified atom stereocenters. The minimum absolute atomic E-state index is 0.294. The number of benzene rings is 1. The van der Waals surface area contributed by atoms with Gasteiger partial charge in [0, 0.05) is 0 Å². The lowest BCUT2D eigenvalue weighted by atomic mass is 10.1. The lowest BCUT2D eigenvalue weighted by molar-refractivity contribution is 0.487. The highest BCUT2D eigenvalue weighted by atomic mass is 19.1. The lowest BCUT2D eigenvalue weighted by Crippen LogP contribution is -2.04. The maximum Gasteiger partial charge on any atom is 0.208 e. The summed E-state index contributed by atoms with van der Waals surface area (Å²) in [6.07, 6.45) is 1.55. The fraction of sp³-hybridized carbons (Fsp3) is 0.250. The van der Waals surface area contributed by atoms with Crippen molar-refractivity contribution in [2.45, 2.75) is 13.5 Å². The zero-order chi connectivity index (χ0) is 11.5. The summed E-state index contributed by atoms with van der Waals surface area (Å²) in [6, 6.07) is 4.91. The van der Waals surface area contributed by atoms with E-state index in [1.807, 2.05) is 6.92 Å². The Morgan fingerprint density at radius 2 is 2.25 bits per heavy atom. The summed E-state index contributed by atoms with van der Waals surface area (Å²) < 4.78 is 19.0. The minimum Gasteiger partial charge on any atom is -0.439 e. The van der Waals surface area contributed by atoms with Gasteiger partial charge in [0.2, 0.25) is 5.89 Å². The van der Waals surface area contributed by atoms with Gasteiger partial charge in [-0.1, -0.05) is 11.6 Å². The Kier molecular flexibility index (Phi) is 3.01. The smallest absolute Gasteiger partial charge is 0.208 e. The third-order valence-corrected chi connectivity index (χ3v) is 2.27. The van der Waals surface area contributed by atoms with E-state index < -0.39 is 0 Å². The van der Waals surface area contributed by atoms with Gasteiger partial charge in [0.1, 0.15) is 5.82 Å². The van der Waals surface area contributed by atoms with Gasteiger partial charge in [-0.3, -0.25) is 0 Å². The van der Waals surface area contributed by atoms with Gasteiger partial charge in [0.15, 0.2) is 5.76 Å². The molecule has 0 aliphatic carbocycles. The predicted octanol–water partition coefficient (Wildman–Crippen LogP) is 2.51. The van der Waals surface area contributed by atoms with Crippen LogP contribution in [0.1, 0.15) is 11.5 Å². The fourth-order valence-electron chi connectivity index (χ4n) is 1.50. The first-order valence-corrected chi connectivity index (χ1v) is 5.06. The molecule has 0 radical (unpaired) electrons. The first-order valence-electron chi connectivity index (χ1n) is 5.06. The van der Waals surface area contributed by atoms with E-state index in [2.05, 4.69) is 10.3 Å². The van der Waals surface area contributed by atoms with Crippen LogP contribution in [0.25, 0.3) is 11.3 Å². The summed E-state index contributed by atoms with van der Waals surface area (Å²) in [5.74, 6) is 0.725. The summed E-state index contributed by atoms with van der Waals surface area (Å²) in [7, 11) is 1.80. The molecule has 0 aliphatic rings. The highest BCUT2D eigenvalue weighted by molar-refractivity contribution is 5.58. The van der Waals surface area contributed by atoms with Crippen molar-refractivity contribution in [2.75, 3.05) is 7.05 Å². The summed E-state index contributed by atoms with van der Waals surface area (Å²) in [5, 5.41) is 2.92. The SMILES string of the molecule is CNCc1ncc(-c2cc(C)ccc2F)o1. The standard InChI is InChI=1S/C12H13FN2O/c1-8-3-4-10(13)9(5-8)11-6-15-12(16-11)7-14-2/h3-6,14H,7H2,1-2H3. The predicted molar refractivity (Wildman–Crippen MR) is 59.4 cm³/mol. The van der Waals surface area contributed by atoms with Crippen LogP contribution in [0.15, 0.2) is 28.8 Å². The Hall–Kier alpha value is -1.68. The number of aryl methyl sites for hydroxylation is 1. The van der Waals surface area contributed by atoms with Crippen LogP contribution in [0.5, 0.6) is 0 Å². The minimum atomic E-state index is -0.294. The second kappa shape index (κ2) is 4.45. The molecule has 0 aliphatic heterocycles. The van der Waals surface area contributed by atoms with E-state index >= 15 is 0 Å². The van der Waals surface area contributed by atoms with Crippen LogP contribution in [0.4, 0.5) is 4.39 Å². The van der Waals surface area contributed by atoms with Crippen LogP contribution < -0.4 is 5.32 Å². The van der Waals surface area contributed by atoms with Gasteiger partial charge < -0.3 is 9.73 Å². The molecule has 0 bridgehead atoms. The molecule has 3 nitrogen and oxygen atoms in total. The van der Waals surface area contributed by atoms with E-state index in [1.54, 1.807) is 25.4 Å². The Labute approximate surface area is 93.3 Å². The Bertz CT molecular complexity index is 494. The number of oxazole rings is 1. The first-order chi connectivity index (χ1) is 7.70. The summed E-state index contributed by atoms with van der Waals surface area (Å²) in [6.45, 7) is 2.45. The fourth-order valence-corrected chi connectivity index (χ4v) is 1.50. The van der Waals surface area contributed by atoms with Gasteiger partial charge in [0.25, 0.3) is 0 Å². The van der Waals surface area contributed by atoms with E-state index in [-0.39, 0.29) is 5.82 Å². The molecule has 16 heavy (non-hydrogen) atoms. The molecule has 0 amide bonds. The summed E-state index contributed by atoms with van der Waals surface area (Å²) >= 11 is 0. The molecule has 1 N–H and O–H groups in total. The van der Waals surface area contributed by atoms with Gasteiger partial charge in [-0.2, -0.15) is 0 Å². The van der Waals surface area contributed by atoms with Crippen LogP contribution in [-0.2, 0) is 6.54 Å². The molecule has 2 aromatic rings. The molecule has 1 aromatic carbocycles. The second-order valence-corrected chi connectivity index (χ2v) is 3.63. The van der Waals surface area contributed by atoms with Crippen molar-refractivity contribution < 1.29 is 8.81 Å². The molecule has 1 heterocycles. The Balaban J connectivity index is 2.38. The average Bonchev–Trinajstić information content (AvgIpc) is 2.71. The Morgan fingerprint density at radius 3 is 3.00 bits per heavy atom. The highest BCUT2D eigenvalue weighted by Crippen LogP contribution is 2.24. The van der Waals surface area contributed by atoms with Gasteiger partial charge >= 0.3 is 0 Å². The number of nitrogens with zero attached hydrogens (tertiary/aromatic N) is 1. The molecule has 0 fully saturated rings. The number of hydrogen-bond acceptors (Lipinski definition) is 3. The van der Waals surface area contributed by atoms with E-state index in [9.17, 15) is 4.39 Å². The quantitative estimate of drug-likeness (QED) is 0.863. The van der Waals surface area contributed by atoms with Crippen molar-refractivity contribution in [2.24, 2.45) is 0 Å². The van der Waals surface area contributed by atoms with E-state index in [1.165, 1.54) is 6.07 Å². The number of nitrogens with one attached hydrogen (secondary N) is 1. The van der Waals surface area contributed by atoms with Crippen molar-refractivity contribution in [1.29, 1.82) is 0 Å². The number of hydrogen-bond donors (Lipinski definition) is 1. The molecular formula is C12H13FN2O. The second-order valence-electron chi connectivity index (χ2n) is 3.63. The van der Waals surface area contributed by atoms with Crippen LogP contribution in [0, 0.1) is 12.7 Å². The zero-order valence-corrected chi connectivity index (χ0v) is 9.25. The summed E-state index contributed by atoms with van der Waals surface area (Å²) in [4.78, 5) is 4.06. The van der Waals surface area contributed by atoms with Gasteiger partial charge in [-0.05, 0) is 26.1 Å². The van der Waals surface area contributed by atoms with Gasteiger partial charge in [-0.15, -0.1) is 0 Å². The molecular weight excluding hydrogens is 207 g/mol. The molecule has 0 saturated heterocycles. The normalized spacial score (nSPS) is 10.7. The van der Waals surface area contributed by atoms with Crippen LogP contribution in [0.3, 0.4) is 0 Å². The maximum atomic E-state index is 13.5. The average molecular weight is 220 g/mol. The Morgan fingerprint density at radius 1 is 1.44 bits per heavy atom. The van der Waals surface area contributed by atoms with Crippen molar-refractivity contribution in [3.8, 4) is 11.3 Å². The van der Waals surface area contributed by atoms with E-state index in [0.717, 1.165) is 5.56 Å². The molecule has 2 rings (SSSR count). The number of rotatable bonds is 3. The van der Waals surface area contributed by atoms with E-state index in [4.69, 9.17) is 4.42 Å². The topological polar surface area (TPSA) is 38.1 Å². The van der Waals surface area contributed by atoms with Gasteiger partial charge in [0.05, 0.1) is 18.3 Å². The third-order valence-electron chi connectivity index (χ3n) is 2.27. The molecule has 0 saturated carbocycles. The van der Waals surface area contributed by atoms with Crippen molar-refractivity contribution in [1.82, 2.24) is 10.3 Å².